The standard InChI is InChI=1S/C5H8O4.C2H6O/c6-4(7)2-1-3-5(8)9;1-3-2/h1-3H2,(H,6,7)(H,8,9);1-2H3. The van der Waals surface area contributed by atoms with Crippen LogP contribution in [0.3, 0.4) is 0 Å². The first-order chi connectivity index (χ1) is 5.54. The minimum absolute atomic E-state index is 0.0632. The molecule has 0 amide bonds. The van der Waals surface area contributed by atoms with Crippen LogP contribution in [0, 0.1) is 0 Å². The summed E-state index contributed by atoms with van der Waals surface area (Å²) in [5, 5.41) is 16.1. The third-order valence-electron chi connectivity index (χ3n) is 0.781. The van der Waals surface area contributed by atoms with Crippen molar-refractivity contribution in [3.8, 4) is 0 Å². The highest BCUT2D eigenvalue weighted by Crippen LogP contribution is 1.93. The van der Waals surface area contributed by atoms with Crippen LogP contribution in [0.5, 0.6) is 0 Å². The Bertz CT molecular complexity index is 118. The Morgan fingerprint density at radius 1 is 1.08 bits per heavy atom. The fraction of sp³-hybridized carbons (Fsp3) is 0.714. The van der Waals surface area contributed by atoms with Crippen molar-refractivity contribution in [1.82, 2.24) is 0 Å². The molecule has 0 aromatic heterocycles. The molecule has 0 aromatic rings. The minimum atomic E-state index is -0.948. The number of aliphatic carboxylic acids is 2. The van der Waals surface area contributed by atoms with Crippen LogP contribution in [0.2, 0.25) is 0 Å². The number of ether oxygens (including phenoxy) is 1. The van der Waals surface area contributed by atoms with Gasteiger partial charge in [-0.15, -0.1) is 0 Å². The maximum Gasteiger partial charge on any atom is 0.303 e. The zero-order valence-corrected chi connectivity index (χ0v) is 7.24. The highest BCUT2D eigenvalue weighted by Gasteiger charge is 1.99. The number of hydrogen-bond donors (Lipinski definition) is 2. The monoisotopic (exact) mass is 178 g/mol. The minimum Gasteiger partial charge on any atom is -0.481 e. The van der Waals surface area contributed by atoms with Gasteiger partial charge in [0.15, 0.2) is 0 Å². The van der Waals surface area contributed by atoms with Gasteiger partial charge in [0.25, 0.3) is 0 Å². The smallest absolute Gasteiger partial charge is 0.303 e. The SMILES string of the molecule is COC.O=C(O)CCCC(=O)O. The molecule has 0 aliphatic carbocycles. The molecular weight excluding hydrogens is 164 g/mol. The fourth-order valence-corrected chi connectivity index (χ4v) is 0.391. The fourth-order valence-electron chi connectivity index (χ4n) is 0.391. The zero-order valence-electron chi connectivity index (χ0n) is 7.24. The number of carbonyl (C=O) groups is 2. The predicted molar refractivity (Wildman–Crippen MR) is 42.1 cm³/mol. The van der Waals surface area contributed by atoms with E-state index >= 15 is 0 Å². The van der Waals surface area contributed by atoms with Crippen LogP contribution in [0.25, 0.3) is 0 Å². The normalized spacial score (nSPS) is 8.17. The second-order valence-electron chi connectivity index (χ2n) is 2.05. The molecule has 0 radical (unpaired) electrons. The lowest BCUT2D eigenvalue weighted by Gasteiger charge is -1.89. The quantitative estimate of drug-likeness (QED) is 0.658. The highest BCUT2D eigenvalue weighted by molar-refractivity contribution is 5.69. The van der Waals surface area contributed by atoms with E-state index in [2.05, 4.69) is 4.74 Å². The lowest BCUT2D eigenvalue weighted by molar-refractivity contribution is -0.138. The van der Waals surface area contributed by atoms with Gasteiger partial charge in [0.05, 0.1) is 0 Å². The summed E-state index contributed by atoms with van der Waals surface area (Å²) >= 11 is 0. The van der Waals surface area contributed by atoms with Crippen LogP contribution in [-0.4, -0.2) is 36.4 Å². The van der Waals surface area contributed by atoms with Gasteiger partial charge >= 0.3 is 11.9 Å². The Kier molecular flexibility index (Phi) is 11.1. The van der Waals surface area contributed by atoms with E-state index in [1.165, 1.54) is 0 Å². The van der Waals surface area contributed by atoms with Crippen molar-refractivity contribution in [3.05, 3.63) is 0 Å². The molecule has 0 saturated heterocycles. The maximum atomic E-state index is 9.79. The van der Waals surface area contributed by atoms with Crippen LogP contribution in [0.4, 0.5) is 0 Å². The first kappa shape index (κ1) is 13.5. The summed E-state index contributed by atoms with van der Waals surface area (Å²) < 4.78 is 4.25. The van der Waals surface area contributed by atoms with Crippen molar-refractivity contribution >= 4 is 11.9 Å². The molecule has 0 unspecified atom stereocenters. The summed E-state index contributed by atoms with van der Waals surface area (Å²) in [6, 6.07) is 0. The highest BCUT2D eigenvalue weighted by atomic mass is 16.4. The molecule has 12 heavy (non-hydrogen) atoms. The number of rotatable bonds is 4. The Hall–Kier alpha value is -1.10. The molecule has 0 fully saturated rings. The van der Waals surface area contributed by atoms with Gasteiger partial charge in [0.1, 0.15) is 0 Å². The first-order valence-corrected chi connectivity index (χ1v) is 3.38. The van der Waals surface area contributed by atoms with Crippen molar-refractivity contribution in [2.75, 3.05) is 14.2 Å². The van der Waals surface area contributed by atoms with Crippen LogP contribution >= 0.6 is 0 Å². The molecule has 0 heterocycles. The van der Waals surface area contributed by atoms with Crippen molar-refractivity contribution < 1.29 is 24.5 Å². The summed E-state index contributed by atoms with van der Waals surface area (Å²) in [5.41, 5.74) is 0. The van der Waals surface area contributed by atoms with Crippen LogP contribution < -0.4 is 0 Å². The van der Waals surface area contributed by atoms with Gasteiger partial charge < -0.3 is 14.9 Å². The predicted octanol–water partition coefficient (Wildman–Crippen LogP) is 0.589. The van der Waals surface area contributed by atoms with E-state index < -0.39 is 11.9 Å². The van der Waals surface area contributed by atoms with E-state index in [-0.39, 0.29) is 19.3 Å². The molecule has 0 saturated carbocycles. The number of carboxylic acids is 2. The molecule has 2 N–H and O–H groups in total. The van der Waals surface area contributed by atoms with Crippen molar-refractivity contribution in [3.63, 3.8) is 0 Å². The first-order valence-electron chi connectivity index (χ1n) is 3.38. The van der Waals surface area contributed by atoms with E-state index in [1.807, 2.05) is 0 Å². The molecule has 0 aliphatic heterocycles. The summed E-state index contributed by atoms with van der Waals surface area (Å²) in [6.07, 6.45) is 0.0866. The van der Waals surface area contributed by atoms with Gasteiger partial charge in [-0.1, -0.05) is 0 Å². The molecule has 0 atom stereocenters. The average Bonchev–Trinajstić information content (AvgIpc) is 1.87. The van der Waals surface area contributed by atoms with E-state index in [4.69, 9.17) is 10.2 Å². The molecular formula is C7H14O5. The average molecular weight is 178 g/mol. The van der Waals surface area contributed by atoms with Gasteiger partial charge in [0, 0.05) is 27.1 Å². The Labute approximate surface area is 71.0 Å². The number of hydrogen-bond acceptors (Lipinski definition) is 3. The summed E-state index contributed by atoms with van der Waals surface area (Å²) in [5.74, 6) is -1.90. The van der Waals surface area contributed by atoms with E-state index in [0.717, 1.165) is 0 Å². The maximum absolute atomic E-state index is 9.79. The zero-order chi connectivity index (χ0) is 9.98. The van der Waals surface area contributed by atoms with Gasteiger partial charge in [-0.3, -0.25) is 9.59 Å². The Morgan fingerprint density at radius 3 is 1.50 bits per heavy atom. The summed E-state index contributed by atoms with van der Waals surface area (Å²) in [4.78, 5) is 19.6. The Morgan fingerprint density at radius 2 is 1.33 bits per heavy atom. The van der Waals surface area contributed by atoms with Crippen molar-refractivity contribution in [1.29, 1.82) is 0 Å². The molecule has 0 rings (SSSR count). The Balaban J connectivity index is 0. The summed E-state index contributed by atoms with van der Waals surface area (Å²) in [6.45, 7) is 0. The molecule has 0 spiro atoms. The van der Waals surface area contributed by atoms with E-state index in [0.29, 0.717) is 0 Å². The lowest BCUT2D eigenvalue weighted by atomic mass is 10.2. The molecule has 5 nitrogen and oxygen atoms in total. The van der Waals surface area contributed by atoms with Crippen molar-refractivity contribution in [2.24, 2.45) is 0 Å². The van der Waals surface area contributed by atoms with Crippen LogP contribution in [-0.2, 0) is 14.3 Å². The molecule has 5 heteroatoms. The number of methoxy groups -OCH3 is 1. The third-order valence-corrected chi connectivity index (χ3v) is 0.781. The van der Waals surface area contributed by atoms with Crippen LogP contribution in [0.1, 0.15) is 19.3 Å². The van der Waals surface area contributed by atoms with Gasteiger partial charge in [-0.2, -0.15) is 0 Å². The molecule has 0 bridgehead atoms. The van der Waals surface area contributed by atoms with Gasteiger partial charge in [-0.05, 0) is 6.42 Å². The summed E-state index contributed by atoms with van der Waals surface area (Å²) in [7, 11) is 3.25. The molecule has 72 valence electrons. The van der Waals surface area contributed by atoms with Crippen LogP contribution in [0.15, 0.2) is 0 Å². The topological polar surface area (TPSA) is 83.8 Å². The van der Waals surface area contributed by atoms with Crippen molar-refractivity contribution in [2.45, 2.75) is 19.3 Å². The second kappa shape index (κ2) is 9.90. The third kappa shape index (κ3) is 23.1. The number of carboxylic acid groups (broad SMARTS) is 2. The molecule has 0 aromatic carbocycles. The largest absolute Gasteiger partial charge is 0.481 e. The van der Waals surface area contributed by atoms with E-state index in [9.17, 15) is 9.59 Å². The second-order valence-corrected chi connectivity index (χ2v) is 2.05. The van der Waals surface area contributed by atoms with E-state index in [1.54, 1.807) is 14.2 Å². The lowest BCUT2D eigenvalue weighted by Crippen LogP contribution is -1.98. The van der Waals surface area contributed by atoms with Gasteiger partial charge in [-0.25, -0.2) is 0 Å². The van der Waals surface area contributed by atoms with Gasteiger partial charge in [0.2, 0.25) is 0 Å². The molecule has 0 aliphatic rings.